The molecule has 0 aliphatic rings. The van der Waals surface area contributed by atoms with E-state index in [1.807, 2.05) is 19.1 Å². The van der Waals surface area contributed by atoms with Gasteiger partial charge in [0.25, 0.3) is 0 Å². The number of allylic oxidation sites excluding steroid dienone is 1. The molecule has 0 spiro atoms. The standard InChI is InChI=1S/C13H16O3.Na/c1-3-4-5-9-16-12-8-6-7-11(10(12)2)13(14)15;/h4-8H,3,9H2,1-2H3,(H,14,15);/q;+1/p-1/b5-4-;. The molecule has 0 saturated heterocycles. The molecule has 3 nitrogen and oxygen atoms in total. The minimum Gasteiger partial charge on any atom is -0.545 e. The molecule has 86 valence electrons. The van der Waals surface area contributed by atoms with E-state index in [-0.39, 0.29) is 35.1 Å². The van der Waals surface area contributed by atoms with E-state index in [2.05, 4.69) is 0 Å². The second-order valence-corrected chi connectivity index (χ2v) is 3.41. The number of carbonyl (C=O) groups excluding carboxylic acids is 1. The van der Waals surface area contributed by atoms with Crippen LogP contribution in [0.25, 0.3) is 0 Å². The Labute approximate surface area is 124 Å². The third-order valence-electron chi connectivity index (χ3n) is 2.24. The molecule has 17 heavy (non-hydrogen) atoms. The molecule has 4 heteroatoms. The maximum absolute atomic E-state index is 10.8. The van der Waals surface area contributed by atoms with Crippen LogP contribution in [0.15, 0.2) is 30.4 Å². The molecule has 0 atom stereocenters. The average molecular weight is 242 g/mol. The van der Waals surface area contributed by atoms with Crippen LogP contribution in [0.2, 0.25) is 0 Å². The Hall–Kier alpha value is -0.770. The van der Waals surface area contributed by atoms with Crippen molar-refractivity contribution in [3.63, 3.8) is 0 Å². The van der Waals surface area contributed by atoms with Crippen LogP contribution in [-0.4, -0.2) is 12.6 Å². The van der Waals surface area contributed by atoms with Crippen LogP contribution < -0.4 is 39.4 Å². The minimum absolute atomic E-state index is 0. The van der Waals surface area contributed by atoms with Crippen molar-refractivity contribution >= 4 is 5.97 Å². The van der Waals surface area contributed by atoms with Gasteiger partial charge in [0.2, 0.25) is 0 Å². The van der Waals surface area contributed by atoms with E-state index in [0.717, 1.165) is 6.42 Å². The molecule has 0 aliphatic heterocycles. The summed E-state index contributed by atoms with van der Waals surface area (Å²) in [6.07, 6.45) is 4.87. The van der Waals surface area contributed by atoms with E-state index < -0.39 is 5.97 Å². The number of hydrogen-bond donors (Lipinski definition) is 0. The van der Waals surface area contributed by atoms with Crippen molar-refractivity contribution in [2.75, 3.05) is 6.61 Å². The molecular weight excluding hydrogens is 227 g/mol. The van der Waals surface area contributed by atoms with Gasteiger partial charge in [0.1, 0.15) is 12.4 Å². The van der Waals surface area contributed by atoms with E-state index in [1.54, 1.807) is 19.1 Å². The van der Waals surface area contributed by atoms with E-state index in [4.69, 9.17) is 4.74 Å². The van der Waals surface area contributed by atoms with E-state index in [0.29, 0.717) is 17.9 Å². The van der Waals surface area contributed by atoms with Gasteiger partial charge in [-0.05, 0) is 19.4 Å². The molecule has 0 N–H and O–H groups in total. The average Bonchev–Trinajstić information content (AvgIpc) is 2.26. The molecule has 0 aliphatic carbocycles. The van der Waals surface area contributed by atoms with Crippen molar-refractivity contribution in [2.45, 2.75) is 20.3 Å². The fraction of sp³-hybridized carbons (Fsp3) is 0.308. The molecule has 1 rings (SSSR count). The Balaban J connectivity index is 0.00000256. The van der Waals surface area contributed by atoms with Crippen molar-refractivity contribution in [3.8, 4) is 5.75 Å². The van der Waals surface area contributed by atoms with Crippen LogP contribution in [0.1, 0.15) is 29.3 Å². The van der Waals surface area contributed by atoms with Crippen LogP contribution in [0.5, 0.6) is 5.75 Å². The van der Waals surface area contributed by atoms with Crippen molar-refractivity contribution in [2.24, 2.45) is 0 Å². The van der Waals surface area contributed by atoms with Crippen molar-refractivity contribution < 1.29 is 44.2 Å². The zero-order valence-corrected chi connectivity index (χ0v) is 12.5. The summed E-state index contributed by atoms with van der Waals surface area (Å²) in [6, 6.07) is 4.91. The first-order chi connectivity index (χ1) is 7.66. The number of aromatic carboxylic acids is 1. The third kappa shape index (κ3) is 4.94. The number of benzene rings is 1. The molecule has 0 fully saturated rings. The summed E-state index contributed by atoms with van der Waals surface area (Å²) in [7, 11) is 0. The third-order valence-corrected chi connectivity index (χ3v) is 2.24. The van der Waals surface area contributed by atoms with Gasteiger partial charge >= 0.3 is 29.6 Å². The first kappa shape index (κ1) is 16.2. The molecule has 0 aromatic heterocycles. The number of rotatable bonds is 5. The quantitative estimate of drug-likeness (QED) is 0.477. The van der Waals surface area contributed by atoms with Gasteiger partial charge in [-0.2, -0.15) is 0 Å². The predicted molar refractivity (Wildman–Crippen MR) is 60.4 cm³/mol. The Morgan fingerprint density at radius 1 is 1.41 bits per heavy atom. The fourth-order valence-corrected chi connectivity index (χ4v) is 1.36. The van der Waals surface area contributed by atoms with E-state index in [1.165, 1.54) is 6.07 Å². The predicted octanol–water partition coefficient (Wildman–Crippen LogP) is -1.29. The van der Waals surface area contributed by atoms with Crippen LogP contribution in [0, 0.1) is 6.92 Å². The summed E-state index contributed by atoms with van der Waals surface area (Å²) in [5.74, 6) is -0.588. The van der Waals surface area contributed by atoms with Gasteiger partial charge in [-0.1, -0.05) is 31.2 Å². The molecule has 0 bridgehead atoms. The summed E-state index contributed by atoms with van der Waals surface area (Å²) in [4.78, 5) is 10.8. The van der Waals surface area contributed by atoms with E-state index >= 15 is 0 Å². The monoisotopic (exact) mass is 242 g/mol. The van der Waals surface area contributed by atoms with Crippen LogP contribution in [0.4, 0.5) is 0 Å². The van der Waals surface area contributed by atoms with Crippen LogP contribution in [0.3, 0.4) is 0 Å². The molecular formula is C13H15NaO3. The molecule has 0 heterocycles. The molecule has 0 saturated carbocycles. The van der Waals surface area contributed by atoms with Gasteiger partial charge in [-0.3, -0.25) is 0 Å². The van der Waals surface area contributed by atoms with Gasteiger partial charge in [0.15, 0.2) is 0 Å². The van der Waals surface area contributed by atoms with Gasteiger partial charge in [0.05, 0.1) is 5.97 Å². The largest absolute Gasteiger partial charge is 1.00 e. The normalized spacial score (nSPS) is 10.0. The van der Waals surface area contributed by atoms with Crippen molar-refractivity contribution in [1.29, 1.82) is 0 Å². The summed E-state index contributed by atoms with van der Waals surface area (Å²) < 4.78 is 5.45. The number of hydrogen-bond acceptors (Lipinski definition) is 3. The maximum atomic E-state index is 10.8. The SMILES string of the molecule is CC/C=C\COc1cccc(C(=O)[O-])c1C.[Na+]. The van der Waals surface area contributed by atoms with Gasteiger partial charge in [-0.25, -0.2) is 0 Å². The second kappa shape index (κ2) is 8.34. The Kier molecular flexibility index (Phi) is 7.96. The number of carboxylic acids is 1. The smallest absolute Gasteiger partial charge is 0.545 e. The first-order valence-corrected chi connectivity index (χ1v) is 5.25. The maximum Gasteiger partial charge on any atom is 1.00 e. The Bertz CT molecular complexity index is 400. The molecule has 0 amide bonds. The molecule has 0 unspecified atom stereocenters. The van der Waals surface area contributed by atoms with Gasteiger partial charge in [0, 0.05) is 11.1 Å². The van der Waals surface area contributed by atoms with E-state index in [9.17, 15) is 9.90 Å². The van der Waals surface area contributed by atoms with Gasteiger partial charge in [-0.15, -0.1) is 0 Å². The number of ether oxygens (including phenoxy) is 1. The first-order valence-electron chi connectivity index (χ1n) is 5.25. The minimum atomic E-state index is -1.17. The van der Waals surface area contributed by atoms with Crippen LogP contribution >= 0.6 is 0 Å². The Morgan fingerprint density at radius 2 is 2.12 bits per heavy atom. The van der Waals surface area contributed by atoms with Crippen LogP contribution in [-0.2, 0) is 0 Å². The topological polar surface area (TPSA) is 49.4 Å². The molecule has 1 aromatic rings. The summed E-state index contributed by atoms with van der Waals surface area (Å²) in [5, 5.41) is 10.8. The number of carboxylic acid groups (broad SMARTS) is 1. The zero-order valence-electron chi connectivity index (χ0n) is 10.5. The summed E-state index contributed by atoms with van der Waals surface area (Å²) in [5.41, 5.74) is 0.782. The van der Waals surface area contributed by atoms with Crippen molar-refractivity contribution in [1.82, 2.24) is 0 Å². The zero-order chi connectivity index (χ0) is 12.0. The van der Waals surface area contributed by atoms with Gasteiger partial charge < -0.3 is 14.6 Å². The molecule has 0 radical (unpaired) electrons. The summed E-state index contributed by atoms with van der Waals surface area (Å²) >= 11 is 0. The Morgan fingerprint density at radius 3 is 2.71 bits per heavy atom. The summed E-state index contributed by atoms with van der Waals surface area (Å²) in [6.45, 7) is 4.20. The fourth-order valence-electron chi connectivity index (χ4n) is 1.36. The van der Waals surface area contributed by atoms with Crippen molar-refractivity contribution in [3.05, 3.63) is 41.5 Å². The number of carbonyl (C=O) groups is 1. The second-order valence-electron chi connectivity index (χ2n) is 3.41. The molecule has 1 aromatic carbocycles.